The van der Waals surface area contributed by atoms with E-state index < -0.39 is 18.3 Å². The zero-order valence-electron chi connectivity index (χ0n) is 12.4. The fourth-order valence-electron chi connectivity index (χ4n) is 2.66. The molecule has 1 saturated carbocycles. The van der Waals surface area contributed by atoms with Crippen LogP contribution < -0.4 is 0 Å². The lowest BCUT2D eigenvalue weighted by atomic mass is 9.69. The van der Waals surface area contributed by atoms with Crippen molar-refractivity contribution in [2.75, 3.05) is 0 Å². The van der Waals surface area contributed by atoms with Crippen molar-refractivity contribution in [1.29, 1.82) is 0 Å². The van der Waals surface area contributed by atoms with Crippen LogP contribution in [0.25, 0.3) is 0 Å². The molecule has 1 aromatic rings. The second kappa shape index (κ2) is 4.68. The first-order chi connectivity index (χ1) is 9.32. The summed E-state index contributed by atoms with van der Waals surface area (Å²) in [5.74, 6) is 0.209. The third kappa shape index (κ3) is 2.16. The fraction of sp³-hybridized carbons (Fsp3) is 0.600. The summed E-state index contributed by atoms with van der Waals surface area (Å²) in [6.45, 7) is 7.79. The topological polar surface area (TPSA) is 18.5 Å². The summed E-state index contributed by atoms with van der Waals surface area (Å²) in [4.78, 5) is 0. The molecule has 0 aromatic carbocycles. The van der Waals surface area contributed by atoms with Crippen LogP contribution in [0.1, 0.15) is 52.0 Å². The molecule has 0 amide bonds. The molecular formula is C15H20BFO2S. The third-order valence-electron chi connectivity index (χ3n) is 4.84. The van der Waals surface area contributed by atoms with Crippen molar-refractivity contribution in [2.45, 2.75) is 57.7 Å². The predicted octanol–water partition coefficient (Wildman–Crippen LogP) is 4.48. The Morgan fingerprint density at radius 1 is 1.30 bits per heavy atom. The normalized spacial score (nSPS) is 30.2. The number of allylic oxidation sites excluding steroid dienone is 1. The average molecular weight is 294 g/mol. The van der Waals surface area contributed by atoms with E-state index in [2.05, 4.69) is 11.4 Å². The van der Waals surface area contributed by atoms with E-state index in [1.807, 2.05) is 33.1 Å². The first-order valence-corrected chi connectivity index (χ1v) is 8.02. The lowest BCUT2D eigenvalue weighted by molar-refractivity contribution is 0.00578. The molecule has 2 nitrogen and oxygen atoms in total. The number of thiophene rings is 1. The van der Waals surface area contributed by atoms with Crippen LogP contribution in [0.5, 0.6) is 0 Å². The highest BCUT2D eigenvalue weighted by atomic mass is 32.1. The SMILES string of the molecule is CC1(C)OB(C(F)=C2CCC2c2ccsc2)OC1(C)C. The molecule has 20 heavy (non-hydrogen) atoms. The van der Waals surface area contributed by atoms with Gasteiger partial charge in [-0.3, -0.25) is 0 Å². The molecule has 3 rings (SSSR count). The van der Waals surface area contributed by atoms with Gasteiger partial charge in [-0.15, -0.1) is 0 Å². The number of rotatable bonds is 2. The van der Waals surface area contributed by atoms with E-state index in [0.717, 1.165) is 18.4 Å². The Kier molecular flexibility index (Phi) is 3.35. The molecule has 5 heteroatoms. The van der Waals surface area contributed by atoms with Gasteiger partial charge in [-0.05, 0) is 68.5 Å². The van der Waals surface area contributed by atoms with Crippen LogP contribution in [0.4, 0.5) is 4.39 Å². The number of halogens is 1. The zero-order valence-corrected chi connectivity index (χ0v) is 13.2. The lowest BCUT2D eigenvalue weighted by Gasteiger charge is -2.32. The molecule has 1 atom stereocenters. The molecule has 0 bridgehead atoms. The maximum absolute atomic E-state index is 14.7. The van der Waals surface area contributed by atoms with Gasteiger partial charge in [-0.2, -0.15) is 11.3 Å². The van der Waals surface area contributed by atoms with Crippen LogP contribution >= 0.6 is 11.3 Å². The van der Waals surface area contributed by atoms with Gasteiger partial charge < -0.3 is 9.31 Å². The molecule has 0 N–H and O–H groups in total. The Hall–Kier alpha value is -0.645. The minimum Gasteiger partial charge on any atom is -0.398 e. The van der Waals surface area contributed by atoms with Gasteiger partial charge in [0.05, 0.1) is 11.2 Å². The molecule has 1 saturated heterocycles. The fourth-order valence-corrected chi connectivity index (χ4v) is 3.37. The molecule has 1 aromatic heterocycles. The van der Waals surface area contributed by atoms with E-state index in [-0.39, 0.29) is 11.6 Å². The smallest absolute Gasteiger partial charge is 0.398 e. The molecule has 2 heterocycles. The summed E-state index contributed by atoms with van der Waals surface area (Å²) < 4.78 is 26.3. The molecule has 108 valence electrons. The summed E-state index contributed by atoms with van der Waals surface area (Å²) >= 11 is 1.66. The van der Waals surface area contributed by atoms with Gasteiger partial charge >= 0.3 is 7.12 Å². The minimum atomic E-state index is -0.851. The highest BCUT2D eigenvalue weighted by Crippen LogP contribution is 2.47. The van der Waals surface area contributed by atoms with Crippen molar-refractivity contribution < 1.29 is 13.7 Å². The summed E-state index contributed by atoms with van der Waals surface area (Å²) in [7, 11) is -0.851. The summed E-state index contributed by atoms with van der Waals surface area (Å²) in [6, 6.07) is 2.08. The highest BCUT2D eigenvalue weighted by molar-refractivity contribution is 7.08. The molecule has 1 unspecified atom stereocenters. The van der Waals surface area contributed by atoms with Crippen molar-refractivity contribution in [1.82, 2.24) is 0 Å². The highest BCUT2D eigenvalue weighted by Gasteiger charge is 2.54. The number of hydrogen-bond donors (Lipinski definition) is 0. The standard InChI is InChI=1S/C15H20BFO2S/c1-14(2)15(3,4)19-16(18-14)13(17)12-6-5-11(12)10-7-8-20-9-10/h7-9,11H,5-6H2,1-4H3. The van der Waals surface area contributed by atoms with Crippen molar-refractivity contribution in [2.24, 2.45) is 0 Å². The van der Waals surface area contributed by atoms with Crippen molar-refractivity contribution in [3.05, 3.63) is 33.7 Å². The van der Waals surface area contributed by atoms with E-state index in [4.69, 9.17) is 9.31 Å². The maximum Gasteiger partial charge on any atom is 0.525 e. The molecule has 1 aliphatic heterocycles. The molecule has 0 spiro atoms. The largest absolute Gasteiger partial charge is 0.525 e. The van der Waals surface area contributed by atoms with Gasteiger partial charge in [0, 0.05) is 5.92 Å². The summed E-state index contributed by atoms with van der Waals surface area (Å²) in [6.07, 6.45) is 1.81. The Bertz CT molecular complexity index is 520. The Morgan fingerprint density at radius 3 is 2.40 bits per heavy atom. The molecule has 2 fully saturated rings. The van der Waals surface area contributed by atoms with Crippen molar-refractivity contribution in [3.8, 4) is 0 Å². The first-order valence-electron chi connectivity index (χ1n) is 7.08. The summed E-state index contributed by atoms with van der Waals surface area (Å²) in [5.41, 5.74) is 0.866. The first kappa shape index (κ1) is 14.3. The van der Waals surface area contributed by atoms with E-state index in [9.17, 15) is 4.39 Å². The van der Waals surface area contributed by atoms with Gasteiger partial charge in [-0.1, -0.05) is 0 Å². The van der Waals surface area contributed by atoms with Crippen LogP contribution in [-0.4, -0.2) is 18.3 Å². The van der Waals surface area contributed by atoms with Crippen molar-refractivity contribution >= 4 is 18.5 Å². The Labute approximate surface area is 124 Å². The van der Waals surface area contributed by atoms with Crippen LogP contribution in [0.2, 0.25) is 0 Å². The second-order valence-electron chi connectivity index (χ2n) is 6.61. The van der Waals surface area contributed by atoms with E-state index in [1.165, 1.54) is 5.56 Å². The minimum absolute atomic E-state index is 0.209. The number of hydrogen-bond acceptors (Lipinski definition) is 3. The van der Waals surface area contributed by atoms with Gasteiger partial charge in [-0.25, -0.2) is 4.39 Å². The monoisotopic (exact) mass is 294 g/mol. The predicted molar refractivity (Wildman–Crippen MR) is 80.5 cm³/mol. The molecule has 2 aliphatic rings. The lowest BCUT2D eigenvalue weighted by Crippen LogP contribution is -2.41. The maximum atomic E-state index is 14.7. The van der Waals surface area contributed by atoms with E-state index >= 15 is 0 Å². The van der Waals surface area contributed by atoms with Gasteiger partial charge in [0.15, 0.2) is 0 Å². The van der Waals surface area contributed by atoms with E-state index in [1.54, 1.807) is 11.3 Å². The van der Waals surface area contributed by atoms with Crippen molar-refractivity contribution in [3.63, 3.8) is 0 Å². The Morgan fingerprint density at radius 2 is 1.95 bits per heavy atom. The van der Waals surface area contributed by atoms with Crippen LogP contribution in [0.15, 0.2) is 28.1 Å². The van der Waals surface area contributed by atoms with Gasteiger partial charge in [0.25, 0.3) is 0 Å². The molecule has 1 aliphatic carbocycles. The summed E-state index contributed by atoms with van der Waals surface area (Å²) in [5, 5.41) is 4.14. The van der Waals surface area contributed by atoms with Crippen LogP contribution in [0.3, 0.4) is 0 Å². The third-order valence-corrected chi connectivity index (χ3v) is 5.54. The van der Waals surface area contributed by atoms with E-state index in [0.29, 0.717) is 0 Å². The molecular weight excluding hydrogens is 274 g/mol. The zero-order chi connectivity index (χ0) is 14.5. The second-order valence-corrected chi connectivity index (χ2v) is 7.39. The van der Waals surface area contributed by atoms with Gasteiger partial charge in [0.2, 0.25) is 0 Å². The average Bonchev–Trinajstić information content (AvgIpc) is 2.85. The van der Waals surface area contributed by atoms with Gasteiger partial charge in [0.1, 0.15) is 5.73 Å². The quantitative estimate of drug-likeness (QED) is 0.749. The Balaban J connectivity index is 1.83. The van der Waals surface area contributed by atoms with Crippen LogP contribution in [0, 0.1) is 0 Å². The molecule has 0 radical (unpaired) electrons. The van der Waals surface area contributed by atoms with Crippen LogP contribution in [-0.2, 0) is 9.31 Å².